The van der Waals surface area contributed by atoms with Crippen molar-refractivity contribution in [2.45, 2.75) is 41.5 Å². The van der Waals surface area contributed by atoms with Gasteiger partial charge in [0.2, 0.25) is 0 Å². The van der Waals surface area contributed by atoms with E-state index in [1.165, 1.54) is 44.5 Å². The molecule has 3 aromatic rings. The Kier molecular flexibility index (Phi) is 5.98. The molecule has 0 aliphatic heterocycles. The van der Waals surface area contributed by atoms with Gasteiger partial charge in [-0.3, -0.25) is 0 Å². The lowest BCUT2D eigenvalue weighted by atomic mass is 10.00. The van der Waals surface area contributed by atoms with Crippen LogP contribution in [0.15, 0.2) is 60.7 Å². The Labute approximate surface area is 147 Å². The van der Waals surface area contributed by atoms with Crippen LogP contribution in [-0.2, 0) is 0 Å². The summed E-state index contributed by atoms with van der Waals surface area (Å²) in [5, 5.41) is 0. The molecule has 0 bridgehead atoms. The molecule has 124 valence electrons. The molecular formula is C24H28. The van der Waals surface area contributed by atoms with Gasteiger partial charge in [0.05, 0.1) is 0 Å². The molecule has 3 aromatic carbocycles. The van der Waals surface area contributed by atoms with E-state index < -0.39 is 0 Å². The molecule has 0 aromatic heterocycles. The molecular weight excluding hydrogens is 288 g/mol. The van der Waals surface area contributed by atoms with Crippen molar-refractivity contribution in [1.29, 1.82) is 0 Å². The third-order valence-electron chi connectivity index (χ3n) is 4.55. The Morgan fingerprint density at radius 1 is 0.375 bits per heavy atom. The van der Waals surface area contributed by atoms with E-state index in [0.717, 1.165) is 0 Å². The standard InChI is InChI=1S/C15H16.C9H12/c1-11-4-7-14(8-5-11)15-9-6-12(2)13(3)10-15;1-7-4-5-8(2)9(3)6-7/h4-10H,1-3H3;4-6H,1-3H3. The number of hydrogen-bond acceptors (Lipinski definition) is 0. The second kappa shape index (κ2) is 7.97. The fourth-order valence-corrected chi connectivity index (χ4v) is 2.56. The van der Waals surface area contributed by atoms with Crippen LogP contribution in [0.1, 0.15) is 33.4 Å². The van der Waals surface area contributed by atoms with Crippen molar-refractivity contribution in [2.75, 3.05) is 0 Å². The molecule has 0 radical (unpaired) electrons. The van der Waals surface area contributed by atoms with Gasteiger partial charge >= 0.3 is 0 Å². The minimum atomic E-state index is 1.30. The molecule has 0 atom stereocenters. The molecule has 0 saturated carbocycles. The average Bonchev–Trinajstić information content (AvgIpc) is 2.55. The van der Waals surface area contributed by atoms with Crippen molar-refractivity contribution in [3.63, 3.8) is 0 Å². The fraction of sp³-hybridized carbons (Fsp3) is 0.250. The fourth-order valence-electron chi connectivity index (χ4n) is 2.56. The molecule has 0 amide bonds. The van der Waals surface area contributed by atoms with E-state index in [4.69, 9.17) is 0 Å². The Morgan fingerprint density at radius 3 is 1.33 bits per heavy atom. The van der Waals surface area contributed by atoms with Crippen molar-refractivity contribution < 1.29 is 0 Å². The first-order valence-electron chi connectivity index (χ1n) is 8.55. The molecule has 0 saturated heterocycles. The van der Waals surface area contributed by atoms with E-state index in [0.29, 0.717) is 0 Å². The smallest absolute Gasteiger partial charge is 0.0181 e. The van der Waals surface area contributed by atoms with E-state index in [1.807, 2.05) is 0 Å². The van der Waals surface area contributed by atoms with Gasteiger partial charge in [-0.15, -0.1) is 0 Å². The van der Waals surface area contributed by atoms with Gasteiger partial charge in [0.25, 0.3) is 0 Å². The largest absolute Gasteiger partial charge is 0.0590 e. The van der Waals surface area contributed by atoms with Crippen LogP contribution in [-0.4, -0.2) is 0 Å². The highest BCUT2D eigenvalue weighted by molar-refractivity contribution is 5.65. The van der Waals surface area contributed by atoms with Crippen molar-refractivity contribution in [1.82, 2.24) is 0 Å². The van der Waals surface area contributed by atoms with Gasteiger partial charge in [-0.25, -0.2) is 0 Å². The number of aryl methyl sites for hydroxylation is 6. The van der Waals surface area contributed by atoms with Crippen molar-refractivity contribution in [3.05, 3.63) is 94.0 Å². The zero-order valence-corrected chi connectivity index (χ0v) is 15.8. The summed E-state index contributed by atoms with van der Waals surface area (Å²) in [6, 6.07) is 21.8. The Balaban J connectivity index is 0.000000198. The third-order valence-corrected chi connectivity index (χ3v) is 4.55. The SMILES string of the molecule is Cc1ccc(-c2ccc(C)c(C)c2)cc1.Cc1ccc(C)c(C)c1. The lowest BCUT2D eigenvalue weighted by molar-refractivity contribution is 1.30. The van der Waals surface area contributed by atoms with E-state index in [-0.39, 0.29) is 0 Å². The molecule has 0 aliphatic rings. The molecule has 3 rings (SSSR count). The molecule has 0 aliphatic carbocycles. The second-order valence-electron chi connectivity index (χ2n) is 6.75. The second-order valence-corrected chi connectivity index (χ2v) is 6.75. The van der Waals surface area contributed by atoms with Crippen LogP contribution >= 0.6 is 0 Å². The van der Waals surface area contributed by atoms with Crippen LogP contribution in [0, 0.1) is 41.5 Å². The first-order chi connectivity index (χ1) is 11.4. The zero-order chi connectivity index (χ0) is 17.7. The van der Waals surface area contributed by atoms with Crippen molar-refractivity contribution in [2.24, 2.45) is 0 Å². The number of benzene rings is 3. The maximum absolute atomic E-state index is 2.25. The maximum atomic E-state index is 2.25. The molecule has 0 unspecified atom stereocenters. The Hall–Kier alpha value is -2.34. The predicted molar refractivity (Wildman–Crippen MR) is 107 cm³/mol. The van der Waals surface area contributed by atoms with Gasteiger partial charge in [0, 0.05) is 0 Å². The van der Waals surface area contributed by atoms with E-state index in [1.54, 1.807) is 0 Å². The molecule has 0 fully saturated rings. The molecule has 24 heavy (non-hydrogen) atoms. The predicted octanol–water partition coefficient (Wildman–Crippen LogP) is 6.89. The summed E-state index contributed by atoms with van der Waals surface area (Å²) in [7, 11) is 0. The van der Waals surface area contributed by atoms with Crippen LogP contribution < -0.4 is 0 Å². The first-order valence-corrected chi connectivity index (χ1v) is 8.55. The van der Waals surface area contributed by atoms with Gasteiger partial charge < -0.3 is 0 Å². The molecule has 0 heterocycles. The topological polar surface area (TPSA) is 0 Å². The summed E-state index contributed by atoms with van der Waals surface area (Å²) in [4.78, 5) is 0. The summed E-state index contributed by atoms with van der Waals surface area (Å²) < 4.78 is 0. The summed E-state index contributed by atoms with van der Waals surface area (Å²) in [5.74, 6) is 0. The van der Waals surface area contributed by atoms with Gasteiger partial charge in [0.15, 0.2) is 0 Å². The summed E-state index contributed by atoms with van der Waals surface area (Å²) in [5.41, 5.74) is 10.7. The van der Waals surface area contributed by atoms with E-state index in [9.17, 15) is 0 Å². The quantitative estimate of drug-likeness (QED) is 0.458. The Bertz CT molecular complexity index is 808. The summed E-state index contributed by atoms with van der Waals surface area (Å²) in [6.45, 7) is 12.8. The highest BCUT2D eigenvalue weighted by atomic mass is 14.0. The average molecular weight is 316 g/mol. The zero-order valence-electron chi connectivity index (χ0n) is 15.8. The number of rotatable bonds is 1. The third kappa shape index (κ3) is 4.83. The van der Waals surface area contributed by atoms with Gasteiger partial charge in [-0.2, -0.15) is 0 Å². The normalized spacial score (nSPS) is 10.1. The highest BCUT2D eigenvalue weighted by Crippen LogP contribution is 2.22. The Morgan fingerprint density at radius 2 is 0.833 bits per heavy atom. The van der Waals surface area contributed by atoms with Gasteiger partial charge in [0.1, 0.15) is 0 Å². The minimum absolute atomic E-state index is 1.30. The molecule has 0 N–H and O–H groups in total. The van der Waals surface area contributed by atoms with Gasteiger partial charge in [-0.05, 0) is 74.9 Å². The van der Waals surface area contributed by atoms with E-state index >= 15 is 0 Å². The summed E-state index contributed by atoms with van der Waals surface area (Å²) >= 11 is 0. The minimum Gasteiger partial charge on any atom is -0.0590 e. The maximum Gasteiger partial charge on any atom is -0.0181 e. The van der Waals surface area contributed by atoms with Gasteiger partial charge in [-0.1, -0.05) is 71.8 Å². The summed E-state index contributed by atoms with van der Waals surface area (Å²) in [6.07, 6.45) is 0. The lowest BCUT2D eigenvalue weighted by Crippen LogP contribution is -1.83. The highest BCUT2D eigenvalue weighted by Gasteiger charge is 1.99. The van der Waals surface area contributed by atoms with Crippen molar-refractivity contribution in [3.8, 4) is 11.1 Å². The van der Waals surface area contributed by atoms with Crippen LogP contribution in [0.25, 0.3) is 11.1 Å². The first kappa shape index (κ1) is 18.0. The lowest BCUT2D eigenvalue weighted by Gasteiger charge is -2.05. The van der Waals surface area contributed by atoms with Crippen LogP contribution in [0.4, 0.5) is 0 Å². The van der Waals surface area contributed by atoms with E-state index in [2.05, 4.69) is 102 Å². The van der Waals surface area contributed by atoms with Crippen LogP contribution in [0.5, 0.6) is 0 Å². The van der Waals surface area contributed by atoms with Crippen LogP contribution in [0.3, 0.4) is 0 Å². The monoisotopic (exact) mass is 316 g/mol. The number of hydrogen-bond donors (Lipinski definition) is 0. The molecule has 0 spiro atoms. The van der Waals surface area contributed by atoms with Crippen molar-refractivity contribution >= 4 is 0 Å². The van der Waals surface area contributed by atoms with Crippen LogP contribution in [0.2, 0.25) is 0 Å². The molecule has 0 nitrogen and oxygen atoms in total. The molecule has 0 heteroatoms.